The Bertz CT molecular complexity index is 1660. The predicted molar refractivity (Wildman–Crippen MR) is 181 cm³/mol. The predicted octanol–water partition coefficient (Wildman–Crippen LogP) is 2.42. The molecule has 0 bridgehead atoms. The molecular formula is C34H45N9O5. The van der Waals surface area contributed by atoms with E-state index in [2.05, 4.69) is 33.2 Å². The number of piperazine rings is 1. The van der Waals surface area contributed by atoms with Crippen molar-refractivity contribution in [1.29, 1.82) is 0 Å². The quantitative estimate of drug-likeness (QED) is 0.244. The van der Waals surface area contributed by atoms with E-state index in [0.717, 1.165) is 68.6 Å². The van der Waals surface area contributed by atoms with Crippen LogP contribution >= 0.6 is 0 Å². The fourth-order valence-electron chi connectivity index (χ4n) is 7.05. The van der Waals surface area contributed by atoms with Gasteiger partial charge in [-0.2, -0.15) is 10.1 Å². The standard InChI is InChI=1S/C34H45N9O5/c1-3-4-25(21-44)36-32-31-27(37-34(35)38-32)20-42(39-31)19-24-9-10-26(17-28(24)48-2)40-13-15-41(16-14-40)33(47)23-7-5-22(6-8-23)18-43-29(45)11-12-30(43)46/h9-12,17,20,22-23,25,44H,3-8,13-16,18-19,21H2,1-2H3,(H3,35,36,37,38)/t22?,23?,25-/m0/s1. The maximum absolute atomic E-state index is 13.4. The van der Waals surface area contributed by atoms with Gasteiger partial charge in [0.05, 0.1) is 32.5 Å². The monoisotopic (exact) mass is 659 g/mol. The van der Waals surface area contributed by atoms with Gasteiger partial charge in [0.25, 0.3) is 11.8 Å². The minimum absolute atomic E-state index is 0.00374. The Kier molecular flexibility index (Phi) is 10.1. The molecule has 1 atom stereocenters. The van der Waals surface area contributed by atoms with Crippen LogP contribution in [0.25, 0.3) is 11.0 Å². The second-order valence-electron chi connectivity index (χ2n) is 12.9. The van der Waals surface area contributed by atoms with Gasteiger partial charge >= 0.3 is 0 Å². The summed E-state index contributed by atoms with van der Waals surface area (Å²) >= 11 is 0. The summed E-state index contributed by atoms with van der Waals surface area (Å²) in [5.74, 6) is 1.36. The van der Waals surface area contributed by atoms with E-state index < -0.39 is 0 Å². The van der Waals surface area contributed by atoms with Crippen LogP contribution in [0.2, 0.25) is 0 Å². The number of rotatable bonds is 12. The number of hydrogen-bond donors (Lipinski definition) is 3. The van der Waals surface area contributed by atoms with Crippen LogP contribution in [0.5, 0.6) is 5.75 Å². The molecule has 14 nitrogen and oxygen atoms in total. The van der Waals surface area contributed by atoms with Gasteiger partial charge in [-0.3, -0.25) is 24.0 Å². The highest BCUT2D eigenvalue weighted by Crippen LogP contribution is 2.33. The van der Waals surface area contributed by atoms with Gasteiger partial charge in [-0.25, -0.2) is 4.98 Å². The SMILES string of the molecule is CCC[C@@H](CO)Nc1nc(N)nc2cn(Cc3ccc(N4CCN(C(=O)C5CCC(CN6C(=O)C=CC6=O)CC5)CC4)cc3OC)nc12. The molecule has 1 saturated heterocycles. The lowest BCUT2D eigenvalue weighted by atomic mass is 9.81. The van der Waals surface area contributed by atoms with Crippen LogP contribution in [0.1, 0.15) is 51.0 Å². The van der Waals surface area contributed by atoms with Gasteiger partial charge in [-0.05, 0) is 44.1 Å². The first-order chi connectivity index (χ1) is 23.3. The number of nitrogens with one attached hydrogen (secondary N) is 1. The molecule has 2 fully saturated rings. The zero-order valence-electron chi connectivity index (χ0n) is 27.7. The molecule has 0 radical (unpaired) electrons. The lowest BCUT2D eigenvalue weighted by Gasteiger charge is -2.39. The fraction of sp³-hybridized carbons (Fsp3) is 0.529. The van der Waals surface area contributed by atoms with Crippen molar-refractivity contribution >= 4 is 46.2 Å². The number of aliphatic hydroxyl groups is 1. The van der Waals surface area contributed by atoms with Crippen molar-refractivity contribution in [2.75, 3.05) is 62.4 Å². The number of anilines is 3. The van der Waals surface area contributed by atoms with Gasteiger partial charge in [-0.15, -0.1) is 0 Å². The third-order valence-electron chi connectivity index (χ3n) is 9.72. The van der Waals surface area contributed by atoms with Crippen LogP contribution in [0, 0.1) is 11.8 Å². The number of hydrogen-bond acceptors (Lipinski definition) is 11. The molecule has 1 saturated carbocycles. The Morgan fingerprint density at radius 2 is 1.81 bits per heavy atom. The lowest BCUT2D eigenvalue weighted by molar-refractivity contribution is -0.140. The molecule has 3 amide bonds. The number of aliphatic hydroxyl groups excluding tert-OH is 1. The molecule has 2 aromatic heterocycles. The molecule has 6 rings (SSSR count). The van der Waals surface area contributed by atoms with Crippen molar-refractivity contribution in [3.63, 3.8) is 0 Å². The molecule has 256 valence electrons. The summed E-state index contributed by atoms with van der Waals surface area (Å²) in [5.41, 5.74) is 9.16. The van der Waals surface area contributed by atoms with Gasteiger partial charge in [0.1, 0.15) is 11.3 Å². The Morgan fingerprint density at radius 1 is 1.08 bits per heavy atom. The minimum atomic E-state index is -0.237. The summed E-state index contributed by atoms with van der Waals surface area (Å²) in [5, 5.41) is 17.8. The van der Waals surface area contributed by atoms with E-state index in [0.29, 0.717) is 43.0 Å². The second-order valence-corrected chi connectivity index (χ2v) is 12.9. The molecule has 4 heterocycles. The molecule has 1 aliphatic carbocycles. The number of methoxy groups -OCH3 is 1. The van der Waals surface area contributed by atoms with Crippen molar-refractivity contribution < 1.29 is 24.2 Å². The highest BCUT2D eigenvalue weighted by Gasteiger charge is 2.34. The molecule has 1 aromatic carbocycles. The van der Waals surface area contributed by atoms with Crippen LogP contribution in [-0.2, 0) is 20.9 Å². The molecule has 0 spiro atoms. The topological polar surface area (TPSA) is 172 Å². The van der Waals surface area contributed by atoms with Crippen LogP contribution in [0.15, 0.2) is 36.5 Å². The average Bonchev–Trinajstić information content (AvgIpc) is 3.65. The first-order valence-electron chi connectivity index (χ1n) is 16.9. The zero-order valence-corrected chi connectivity index (χ0v) is 27.7. The van der Waals surface area contributed by atoms with Crippen LogP contribution < -0.4 is 20.7 Å². The van der Waals surface area contributed by atoms with Gasteiger partial charge in [0.15, 0.2) is 11.3 Å². The molecule has 3 aromatic rings. The van der Waals surface area contributed by atoms with Crippen molar-refractivity contribution in [1.82, 2.24) is 29.5 Å². The Labute approximate surface area is 279 Å². The van der Waals surface area contributed by atoms with Gasteiger partial charge in [0, 0.05) is 68.1 Å². The number of nitrogens with two attached hydrogens (primary N) is 1. The van der Waals surface area contributed by atoms with E-state index in [9.17, 15) is 19.5 Å². The fourth-order valence-corrected chi connectivity index (χ4v) is 7.05. The number of nitrogens with zero attached hydrogens (tertiary/aromatic N) is 7. The van der Waals surface area contributed by atoms with Gasteiger partial charge in [-0.1, -0.05) is 19.4 Å². The van der Waals surface area contributed by atoms with Crippen molar-refractivity contribution in [2.24, 2.45) is 11.8 Å². The summed E-state index contributed by atoms with van der Waals surface area (Å²) in [6, 6.07) is 5.99. The number of ether oxygens (including phenoxy) is 1. The van der Waals surface area contributed by atoms with Crippen molar-refractivity contribution in [3.05, 3.63) is 42.1 Å². The van der Waals surface area contributed by atoms with Crippen LogP contribution in [0.3, 0.4) is 0 Å². The first-order valence-corrected chi connectivity index (χ1v) is 16.9. The first kappa shape index (κ1) is 33.2. The third kappa shape index (κ3) is 7.23. The maximum Gasteiger partial charge on any atom is 0.253 e. The number of fused-ring (bicyclic) bond motifs is 1. The molecule has 48 heavy (non-hydrogen) atoms. The molecule has 4 N–H and O–H groups in total. The summed E-state index contributed by atoms with van der Waals surface area (Å²) < 4.78 is 7.58. The molecule has 14 heteroatoms. The largest absolute Gasteiger partial charge is 0.496 e. The lowest BCUT2D eigenvalue weighted by Crippen LogP contribution is -2.51. The minimum Gasteiger partial charge on any atom is -0.496 e. The van der Waals surface area contributed by atoms with Gasteiger partial charge < -0.3 is 30.7 Å². The highest BCUT2D eigenvalue weighted by atomic mass is 16.5. The summed E-state index contributed by atoms with van der Waals surface area (Å²) in [6.07, 6.45) is 9.45. The number of carbonyl (C=O) groups is 3. The zero-order chi connectivity index (χ0) is 33.8. The Balaban J connectivity index is 1.04. The summed E-state index contributed by atoms with van der Waals surface area (Å²) in [4.78, 5) is 51.5. The number of amides is 3. The number of carbonyl (C=O) groups excluding carboxylic acids is 3. The molecule has 2 aliphatic heterocycles. The Morgan fingerprint density at radius 3 is 2.48 bits per heavy atom. The number of aromatic nitrogens is 4. The van der Waals surface area contributed by atoms with E-state index in [4.69, 9.17) is 15.6 Å². The highest BCUT2D eigenvalue weighted by molar-refractivity contribution is 6.12. The normalized spacial score (nSPS) is 20.5. The van der Waals surface area contributed by atoms with Crippen LogP contribution in [-0.4, -0.2) is 105 Å². The average molecular weight is 660 g/mol. The second kappa shape index (κ2) is 14.6. The van der Waals surface area contributed by atoms with E-state index in [1.54, 1.807) is 11.8 Å². The maximum atomic E-state index is 13.4. The van der Waals surface area contributed by atoms with E-state index >= 15 is 0 Å². The number of imide groups is 1. The van der Waals surface area contributed by atoms with Crippen molar-refractivity contribution in [3.8, 4) is 5.75 Å². The smallest absolute Gasteiger partial charge is 0.253 e. The number of nitrogen functional groups attached to an aromatic ring is 1. The van der Waals surface area contributed by atoms with E-state index in [-0.39, 0.29) is 48.2 Å². The van der Waals surface area contributed by atoms with Gasteiger partial charge in [0.2, 0.25) is 11.9 Å². The van der Waals surface area contributed by atoms with Crippen LogP contribution in [0.4, 0.5) is 17.5 Å². The van der Waals surface area contributed by atoms with Crippen molar-refractivity contribution in [2.45, 2.75) is 58.0 Å². The summed E-state index contributed by atoms with van der Waals surface area (Å²) in [6.45, 7) is 5.68. The molecule has 3 aliphatic rings. The van der Waals surface area contributed by atoms with E-state index in [1.807, 2.05) is 23.2 Å². The Hall–Kier alpha value is -4.72. The molecule has 0 unspecified atom stereocenters. The third-order valence-corrected chi connectivity index (χ3v) is 9.72. The summed E-state index contributed by atoms with van der Waals surface area (Å²) in [7, 11) is 1.66. The molecular weight excluding hydrogens is 614 g/mol. The number of benzene rings is 1. The van der Waals surface area contributed by atoms with E-state index in [1.165, 1.54) is 17.1 Å².